The first-order valence-electron chi connectivity index (χ1n) is 7.38. The fraction of sp³-hybridized carbons (Fsp3) is 0.0556. The van der Waals surface area contributed by atoms with Crippen LogP contribution < -0.4 is 5.32 Å². The lowest BCUT2D eigenvalue weighted by Gasteiger charge is -2.08. The van der Waals surface area contributed by atoms with Crippen molar-refractivity contribution in [1.82, 2.24) is 9.55 Å². The van der Waals surface area contributed by atoms with Gasteiger partial charge in [-0.2, -0.15) is 5.26 Å². The molecule has 0 spiro atoms. The molecule has 1 N–H and O–H groups in total. The number of nitrogens with one attached hydrogen (secondary N) is 1. The van der Waals surface area contributed by atoms with E-state index in [0.717, 1.165) is 15.3 Å². The summed E-state index contributed by atoms with van der Waals surface area (Å²) in [5.74, 6) is 0.0788. The van der Waals surface area contributed by atoms with Gasteiger partial charge in [0.15, 0.2) is 5.16 Å². The van der Waals surface area contributed by atoms with Crippen LogP contribution in [0, 0.1) is 11.3 Å². The number of benzene rings is 2. The molecule has 3 rings (SSSR count). The summed E-state index contributed by atoms with van der Waals surface area (Å²) in [5, 5.41) is 12.4. The SMILES string of the molecule is N#Cc1cccc(NC(=O)CSc2nccn2-c2ccc(Br)cc2)c1. The van der Waals surface area contributed by atoms with Gasteiger partial charge < -0.3 is 5.32 Å². The molecule has 0 bridgehead atoms. The smallest absolute Gasteiger partial charge is 0.234 e. The molecule has 0 aliphatic rings. The fourth-order valence-corrected chi connectivity index (χ4v) is 3.23. The Bertz CT molecular complexity index is 931. The largest absolute Gasteiger partial charge is 0.325 e. The number of carbonyl (C=O) groups is 1. The minimum atomic E-state index is -0.148. The summed E-state index contributed by atoms with van der Waals surface area (Å²) in [6.45, 7) is 0. The highest BCUT2D eigenvalue weighted by molar-refractivity contribution is 9.10. The van der Waals surface area contributed by atoms with Gasteiger partial charge >= 0.3 is 0 Å². The maximum atomic E-state index is 12.1. The molecular weight excluding hydrogens is 400 g/mol. The van der Waals surface area contributed by atoms with E-state index in [9.17, 15) is 4.79 Å². The average Bonchev–Trinajstić information content (AvgIpc) is 3.09. The number of hydrogen-bond acceptors (Lipinski definition) is 4. The Morgan fingerprint density at radius 2 is 2.08 bits per heavy atom. The maximum absolute atomic E-state index is 12.1. The molecule has 0 fully saturated rings. The van der Waals surface area contributed by atoms with Gasteiger partial charge in [-0.25, -0.2) is 4.98 Å². The predicted octanol–water partition coefficient (Wildman–Crippen LogP) is 4.24. The molecule has 0 aliphatic carbocycles. The van der Waals surface area contributed by atoms with Crippen molar-refractivity contribution in [3.63, 3.8) is 0 Å². The summed E-state index contributed by atoms with van der Waals surface area (Å²) in [6, 6.07) is 16.7. The van der Waals surface area contributed by atoms with Gasteiger partial charge in [0.2, 0.25) is 5.91 Å². The Kier molecular flexibility index (Phi) is 5.53. The normalized spacial score (nSPS) is 10.2. The highest BCUT2D eigenvalue weighted by Gasteiger charge is 2.09. The van der Waals surface area contributed by atoms with E-state index in [1.807, 2.05) is 35.0 Å². The van der Waals surface area contributed by atoms with E-state index in [2.05, 4.69) is 32.3 Å². The molecule has 0 saturated heterocycles. The second kappa shape index (κ2) is 8.01. The number of carbonyl (C=O) groups excluding carboxylic acids is 1. The van der Waals surface area contributed by atoms with E-state index >= 15 is 0 Å². The molecule has 5 nitrogen and oxygen atoms in total. The monoisotopic (exact) mass is 412 g/mol. The predicted molar refractivity (Wildman–Crippen MR) is 102 cm³/mol. The first-order valence-corrected chi connectivity index (χ1v) is 9.15. The number of nitriles is 1. The van der Waals surface area contributed by atoms with Crippen LogP contribution in [0.15, 0.2) is 70.6 Å². The van der Waals surface area contributed by atoms with Crippen molar-refractivity contribution in [1.29, 1.82) is 5.26 Å². The lowest BCUT2D eigenvalue weighted by molar-refractivity contribution is -0.113. The lowest BCUT2D eigenvalue weighted by atomic mass is 10.2. The van der Waals surface area contributed by atoms with Gasteiger partial charge in [-0.1, -0.05) is 33.8 Å². The molecule has 2 aromatic carbocycles. The molecule has 124 valence electrons. The minimum absolute atomic E-state index is 0.148. The molecule has 0 saturated carbocycles. The summed E-state index contributed by atoms with van der Waals surface area (Å²) in [6.07, 6.45) is 3.57. The van der Waals surface area contributed by atoms with Gasteiger partial charge in [0.05, 0.1) is 17.4 Å². The third-order valence-electron chi connectivity index (χ3n) is 3.32. The number of amides is 1. The van der Waals surface area contributed by atoms with Gasteiger partial charge in [0.1, 0.15) is 0 Å². The third kappa shape index (κ3) is 4.50. The number of nitrogens with zero attached hydrogens (tertiary/aromatic N) is 3. The molecular formula is C18H13BrN4OS. The van der Waals surface area contributed by atoms with Gasteiger partial charge in [0, 0.05) is 28.2 Å². The van der Waals surface area contributed by atoms with Gasteiger partial charge in [-0.15, -0.1) is 0 Å². The molecule has 25 heavy (non-hydrogen) atoms. The minimum Gasteiger partial charge on any atom is -0.325 e. The van der Waals surface area contributed by atoms with Crippen molar-refractivity contribution < 1.29 is 4.79 Å². The van der Waals surface area contributed by atoms with Crippen molar-refractivity contribution in [2.24, 2.45) is 0 Å². The van der Waals surface area contributed by atoms with E-state index < -0.39 is 0 Å². The number of imidazole rings is 1. The van der Waals surface area contributed by atoms with Crippen LogP contribution in [0.5, 0.6) is 0 Å². The molecule has 3 aromatic rings. The van der Waals surface area contributed by atoms with Gasteiger partial charge in [-0.3, -0.25) is 9.36 Å². The molecule has 1 amide bonds. The molecule has 0 radical (unpaired) electrons. The summed E-state index contributed by atoms with van der Waals surface area (Å²) >= 11 is 4.77. The quantitative estimate of drug-likeness (QED) is 0.636. The lowest BCUT2D eigenvalue weighted by Crippen LogP contribution is -2.14. The third-order valence-corrected chi connectivity index (χ3v) is 4.81. The van der Waals surface area contributed by atoms with Crippen molar-refractivity contribution in [2.75, 3.05) is 11.1 Å². The van der Waals surface area contributed by atoms with Crippen molar-refractivity contribution >= 4 is 39.3 Å². The van der Waals surface area contributed by atoms with Crippen LogP contribution in [0.4, 0.5) is 5.69 Å². The number of rotatable bonds is 5. The average molecular weight is 413 g/mol. The van der Waals surface area contributed by atoms with Crippen molar-refractivity contribution in [3.05, 3.63) is 71.0 Å². The fourth-order valence-electron chi connectivity index (χ4n) is 2.19. The Hall–Kier alpha value is -2.56. The highest BCUT2D eigenvalue weighted by Crippen LogP contribution is 2.22. The van der Waals surface area contributed by atoms with Crippen LogP contribution in [-0.4, -0.2) is 21.2 Å². The van der Waals surface area contributed by atoms with Gasteiger partial charge in [-0.05, 0) is 42.5 Å². The summed E-state index contributed by atoms with van der Waals surface area (Å²) in [7, 11) is 0. The highest BCUT2D eigenvalue weighted by atomic mass is 79.9. The Labute approximate surface area is 157 Å². The van der Waals surface area contributed by atoms with E-state index in [1.54, 1.807) is 30.5 Å². The van der Waals surface area contributed by atoms with E-state index in [1.165, 1.54) is 11.8 Å². The van der Waals surface area contributed by atoms with Crippen LogP contribution in [-0.2, 0) is 4.79 Å². The molecule has 0 aliphatic heterocycles. The zero-order chi connectivity index (χ0) is 17.6. The molecule has 0 atom stereocenters. The van der Waals surface area contributed by atoms with Crippen LogP contribution in [0.25, 0.3) is 5.69 Å². The summed E-state index contributed by atoms with van der Waals surface area (Å²) in [4.78, 5) is 16.5. The number of anilines is 1. The topological polar surface area (TPSA) is 70.7 Å². The molecule has 0 unspecified atom stereocenters. The first kappa shape index (κ1) is 17.3. The van der Waals surface area contributed by atoms with Crippen LogP contribution in [0.3, 0.4) is 0 Å². The van der Waals surface area contributed by atoms with Crippen LogP contribution >= 0.6 is 27.7 Å². The first-order chi connectivity index (χ1) is 12.2. The van der Waals surface area contributed by atoms with E-state index in [0.29, 0.717) is 11.3 Å². The van der Waals surface area contributed by atoms with Crippen LogP contribution in [0.2, 0.25) is 0 Å². The van der Waals surface area contributed by atoms with Crippen molar-refractivity contribution in [2.45, 2.75) is 5.16 Å². The zero-order valence-electron chi connectivity index (χ0n) is 13.0. The van der Waals surface area contributed by atoms with Crippen molar-refractivity contribution in [3.8, 4) is 11.8 Å². The van der Waals surface area contributed by atoms with Gasteiger partial charge in [0.25, 0.3) is 0 Å². The number of thioether (sulfide) groups is 1. The zero-order valence-corrected chi connectivity index (χ0v) is 15.4. The molecule has 1 aromatic heterocycles. The van der Waals surface area contributed by atoms with E-state index in [4.69, 9.17) is 5.26 Å². The Morgan fingerprint density at radius 1 is 1.28 bits per heavy atom. The number of halogens is 1. The summed E-state index contributed by atoms with van der Waals surface area (Å²) < 4.78 is 2.94. The number of hydrogen-bond donors (Lipinski definition) is 1. The summed E-state index contributed by atoms with van der Waals surface area (Å²) in [5.41, 5.74) is 2.10. The van der Waals surface area contributed by atoms with E-state index in [-0.39, 0.29) is 11.7 Å². The standard InChI is InChI=1S/C18H13BrN4OS/c19-14-4-6-16(7-5-14)23-9-8-21-18(23)25-12-17(24)22-15-3-1-2-13(10-15)11-20/h1-10H,12H2,(H,22,24). The molecule has 7 heteroatoms. The second-order valence-corrected chi connectivity index (χ2v) is 6.94. The second-order valence-electron chi connectivity index (χ2n) is 5.09. The Balaban J connectivity index is 1.64. The number of aromatic nitrogens is 2. The Morgan fingerprint density at radius 3 is 2.84 bits per heavy atom. The molecule has 1 heterocycles. The van der Waals surface area contributed by atoms with Crippen LogP contribution in [0.1, 0.15) is 5.56 Å². The maximum Gasteiger partial charge on any atom is 0.234 e.